The number of rotatable bonds is 9. The van der Waals surface area contributed by atoms with Gasteiger partial charge in [0.25, 0.3) is 5.78 Å². The Labute approximate surface area is 254 Å². The SMILES string of the molecule is Cc1cccc(COc2ccc(/C(O)=C3\C(=O)C(=O)N(c4nnc(SCc5ccc(F)cc5)s4)C3c3ccco3)cc2)c1. The molecular formula is C32H24FN3O5S2. The number of halogens is 1. The van der Waals surface area contributed by atoms with Gasteiger partial charge in [-0.3, -0.25) is 14.5 Å². The summed E-state index contributed by atoms with van der Waals surface area (Å²) < 4.78 is 25.3. The number of aromatic nitrogens is 2. The number of thioether (sulfide) groups is 1. The molecule has 3 heterocycles. The van der Waals surface area contributed by atoms with Crippen molar-refractivity contribution in [3.05, 3.63) is 131 Å². The predicted octanol–water partition coefficient (Wildman–Crippen LogP) is 7.08. The molecule has 1 aliphatic rings. The van der Waals surface area contributed by atoms with Gasteiger partial charge < -0.3 is 14.3 Å². The zero-order valence-electron chi connectivity index (χ0n) is 22.8. The van der Waals surface area contributed by atoms with E-state index in [0.717, 1.165) is 28.0 Å². The largest absolute Gasteiger partial charge is 0.507 e. The van der Waals surface area contributed by atoms with Crippen molar-refractivity contribution in [2.45, 2.75) is 29.7 Å². The molecule has 8 nitrogen and oxygen atoms in total. The van der Waals surface area contributed by atoms with Crippen molar-refractivity contribution in [2.75, 3.05) is 4.90 Å². The smallest absolute Gasteiger partial charge is 0.302 e. The minimum absolute atomic E-state index is 0.121. The first-order valence-corrected chi connectivity index (χ1v) is 15.0. The molecule has 11 heteroatoms. The van der Waals surface area contributed by atoms with E-state index >= 15 is 0 Å². The zero-order chi connectivity index (χ0) is 29.9. The number of hydrogen-bond acceptors (Lipinski definition) is 9. The number of carbonyl (C=O) groups excluding carboxylic acids is 2. The maximum atomic E-state index is 13.4. The predicted molar refractivity (Wildman–Crippen MR) is 161 cm³/mol. The van der Waals surface area contributed by atoms with Crippen LogP contribution in [0.1, 0.15) is 34.1 Å². The summed E-state index contributed by atoms with van der Waals surface area (Å²) in [6.07, 6.45) is 1.43. The second kappa shape index (κ2) is 12.2. The minimum atomic E-state index is -1.05. The summed E-state index contributed by atoms with van der Waals surface area (Å²) in [5.41, 5.74) is 3.27. The molecule has 3 aromatic carbocycles. The molecule has 2 aromatic heterocycles. The molecule has 0 aliphatic carbocycles. The van der Waals surface area contributed by atoms with Crippen LogP contribution >= 0.6 is 23.1 Å². The molecule has 1 N–H and O–H groups in total. The zero-order valence-corrected chi connectivity index (χ0v) is 24.4. The number of nitrogens with zero attached hydrogens (tertiary/aromatic N) is 3. The molecule has 1 atom stereocenters. The fraction of sp³-hybridized carbons (Fsp3) is 0.125. The van der Waals surface area contributed by atoms with E-state index in [9.17, 15) is 19.1 Å². The molecule has 0 radical (unpaired) electrons. The average molecular weight is 614 g/mol. The number of aliphatic hydroxyl groups excluding tert-OH is 1. The minimum Gasteiger partial charge on any atom is -0.507 e. The summed E-state index contributed by atoms with van der Waals surface area (Å²) in [4.78, 5) is 27.9. The number of aryl methyl sites for hydroxylation is 1. The molecule has 1 saturated heterocycles. The van der Waals surface area contributed by atoms with Gasteiger partial charge in [-0.2, -0.15) is 0 Å². The summed E-state index contributed by atoms with van der Waals surface area (Å²) in [7, 11) is 0. The van der Waals surface area contributed by atoms with Crippen LogP contribution in [0, 0.1) is 12.7 Å². The highest BCUT2D eigenvalue weighted by molar-refractivity contribution is 8.00. The maximum Gasteiger partial charge on any atom is 0.302 e. The summed E-state index contributed by atoms with van der Waals surface area (Å²) in [6, 6.07) is 23.0. The van der Waals surface area contributed by atoms with Gasteiger partial charge >= 0.3 is 5.91 Å². The Morgan fingerprint density at radius 3 is 2.53 bits per heavy atom. The van der Waals surface area contributed by atoms with Crippen LogP contribution in [0.3, 0.4) is 0 Å². The number of Topliss-reactive ketones (excluding diaryl/α,β-unsaturated/α-hetero) is 1. The van der Waals surface area contributed by atoms with Gasteiger partial charge in [0.15, 0.2) is 4.34 Å². The lowest BCUT2D eigenvalue weighted by Gasteiger charge is -2.20. The highest BCUT2D eigenvalue weighted by atomic mass is 32.2. The van der Waals surface area contributed by atoms with Gasteiger partial charge in [-0.1, -0.05) is 65.1 Å². The Kier molecular flexibility index (Phi) is 8.08. The van der Waals surface area contributed by atoms with Crippen LogP contribution in [0.15, 0.2) is 106 Å². The monoisotopic (exact) mass is 613 g/mol. The van der Waals surface area contributed by atoms with E-state index in [1.165, 1.54) is 35.1 Å². The summed E-state index contributed by atoms with van der Waals surface area (Å²) in [6.45, 7) is 2.39. The van der Waals surface area contributed by atoms with Gasteiger partial charge in [0, 0.05) is 11.3 Å². The van der Waals surface area contributed by atoms with Crippen molar-refractivity contribution in [2.24, 2.45) is 0 Å². The van der Waals surface area contributed by atoms with Crippen molar-refractivity contribution in [3.63, 3.8) is 0 Å². The van der Waals surface area contributed by atoms with Crippen LogP contribution in [-0.4, -0.2) is 27.0 Å². The number of benzene rings is 3. The Hall–Kier alpha value is -4.74. The maximum absolute atomic E-state index is 13.4. The van der Waals surface area contributed by atoms with Crippen molar-refractivity contribution >= 4 is 45.7 Å². The third kappa shape index (κ3) is 6.08. The third-order valence-electron chi connectivity index (χ3n) is 6.75. The van der Waals surface area contributed by atoms with Crippen LogP contribution in [0.2, 0.25) is 0 Å². The van der Waals surface area contributed by atoms with Gasteiger partial charge in [-0.15, -0.1) is 10.2 Å². The highest BCUT2D eigenvalue weighted by Gasteiger charge is 2.49. The molecule has 1 fully saturated rings. The van der Waals surface area contributed by atoms with Crippen LogP contribution < -0.4 is 9.64 Å². The molecular weight excluding hydrogens is 590 g/mol. The molecule has 1 amide bonds. The molecule has 1 aliphatic heterocycles. The lowest BCUT2D eigenvalue weighted by atomic mass is 9.99. The van der Waals surface area contributed by atoms with Crippen LogP contribution in [-0.2, 0) is 21.9 Å². The number of amides is 1. The van der Waals surface area contributed by atoms with E-state index in [-0.39, 0.29) is 28.0 Å². The fourth-order valence-electron chi connectivity index (χ4n) is 4.66. The fourth-order valence-corrected chi connectivity index (χ4v) is 6.49. The average Bonchev–Trinajstić information content (AvgIpc) is 3.77. The van der Waals surface area contributed by atoms with Crippen molar-refractivity contribution in [1.29, 1.82) is 0 Å². The number of anilines is 1. The lowest BCUT2D eigenvalue weighted by molar-refractivity contribution is -0.132. The Morgan fingerprint density at radius 1 is 1.02 bits per heavy atom. The van der Waals surface area contributed by atoms with Crippen molar-refractivity contribution < 1.29 is 28.2 Å². The van der Waals surface area contributed by atoms with Gasteiger partial charge in [0.1, 0.15) is 35.7 Å². The summed E-state index contributed by atoms with van der Waals surface area (Å²) in [5, 5.41) is 19.9. The van der Waals surface area contributed by atoms with E-state index in [2.05, 4.69) is 10.2 Å². The molecule has 216 valence electrons. The van der Waals surface area contributed by atoms with Gasteiger partial charge in [-0.05, 0) is 66.6 Å². The van der Waals surface area contributed by atoms with E-state index in [1.807, 2.05) is 31.2 Å². The van der Waals surface area contributed by atoms with Gasteiger partial charge in [0.2, 0.25) is 5.13 Å². The number of ether oxygens (including phenoxy) is 1. The highest BCUT2D eigenvalue weighted by Crippen LogP contribution is 2.44. The van der Waals surface area contributed by atoms with Crippen molar-refractivity contribution in [1.82, 2.24) is 10.2 Å². The summed E-state index contributed by atoms with van der Waals surface area (Å²) >= 11 is 2.50. The molecule has 0 spiro atoms. The van der Waals surface area contributed by atoms with Crippen molar-refractivity contribution in [3.8, 4) is 5.75 Å². The molecule has 1 unspecified atom stereocenters. The van der Waals surface area contributed by atoms with Gasteiger partial charge in [0.05, 0.1) is 11.8 Å². The number of furan rings is 1. The third-order valence-corrected chi connectivity index (χ3v) is 8.88. The Morgan fingerprint density at radius 2 is 1.81 bits per heavy atom. The standard InChI is InChI=1S/C32H24FN3O5S2/c1-19-4-2-5-21(16-19)17-41-24-13-9-22(10-14-24)28(37)26-27(25-6-3-15-40-25)36(30(39)29(26)38)31-34-35-32(43-31)42-18-20-7-11-23(33)12-8-20/h2-16,27,37H,17-18H2,1H3/b28-26+. The van der Waals surface area contributed by atoms with Crippen LogP contribution in [0.5, 0.6) is 5.75 Å². The van der Waals surface area contributed by atoms with Gasteiger partial charge in [-0.25, -0.2) is 4.39 Å². The first-order chi connectivity index (χ1) is 20.9. The quantitative estimate of drug-likeness (QED) is 0.0618. The number of hydrogen-bond donors (Lipinski definition) is 1. The lowest BCUT2D eigenvalue weighted by Crippen LogP contribution is -2.29. The Balaban J connectivity index is 1.25. The molecule has 43 heavy (non-hydrogen) atoms. The molecule has 0 bridgehead atoms. The second-order valence-electron chi connectivity index (χ2n) is 9.75. The van der Waals surface area contributed by atoms with E-state index in [1.54, 1.807) is 48.5 Å². The van der Waals surface area contributed by atoms with E-state index in [0.29, 0.717) is 28.0 Å². The molecule has 0 saturated carbocycles. The normalized spacial score (nSPS) is 16.1. The van der Waals surface area contributed by atoms with E-state index in [4.69, 9.17) is 9.15 Å². The first kappa shape index (κ1) is 28.4. The number of carbonyl (C=O) groups is 2. The van der Waals surface area contributed by atoms with Crippen LogP contribution in [0.4, 0.5) is 9.52 Å². The topological polar surface area (TPSA) is 106 Å². The van der Waals surface area contributed by atoms with E-state index < -0.39 is 17.7 Å². The second-order valence-corrected chi connectivity index (χ2v) is 11.9. The summed E-state index contributed by atoms with van der Waals surface area (Å²) in [5.74, 6) is -0.998. The molecule has 5 aromatic rings. The first-order valence-electron chi connectivity index (χ1n) is 13.2. The number of ketones is 1. The molecule has 6 rings (SSSR count). The Bertz CT molecular complexity index is 1800. The van der Waals surface area contributed by atoms with Crippen LogP contribution in [0.25, 0.3) is 5.76 Å². The number of aliphatic hydroxyl groups is 1.